The lowest BCUT2D eigenvalue weighted by Crippen LogP contribution is -2.36. The fourth-order valence-corrected chi connectivity index (χ4v) is 3.55. The van der Waals surface area contributed by atoms with E-state index in [1.54, 1.807) is 0 Å². The molecule has 2 N–H and O–H groups in total. The molecule has 1 aliphatic carbocycles. The first kappa shape index (κ1) is 13.1. The van der Waals surface area contributed by atoms with Crippen molar-refractivity contribution in [1.82, 2.24) is 14.5 Å². The summed E-state index contributed by atoms with van der Waals surface area (Å²) in [5, 5.41) is 0. The molecule has 4 nitrogen and oxygen atoms in total. The van der Waals surface area contributed by atoms with Crippen LogP contribution in [0.5, 0.6) is 0 Å². The number of aromatic nitrogens is 2. The fourth-order valence-electron chi connectivity index (χ4n) is 3.55. The molecule has 2 aliphatic rings. The van der Waals surface area contributed by atoms with Crippen molar-refractivity contribution in [1.29, 1.82) is 0 Å². The normalized spacial score (nSPS) is 29.4. The standard InChI is InChI=1S/C15H26N4/c1-2-18-8-4-3-5-12(9-16)15(18)14-10-17-11-19(14)13-6-7-13/h10-13,15H,2-9,16H2,1H3. The van der Waals surface area contributed by atoms with E-state index >= 15 is 0 Å². The van der Waals surface area contributed by atoms with Crippen molar-refractivity contribution in [2.45, 2.75) is 51.1 Å². The van der Waals surface area contributed by atoms with Gasteiger partial charge in [-0.05, 0) is 51.2 Å². The molecule has 2 fully saturated rings. The Labute approximate surface area is 116 Å². The second kappa shape index (κ2) is 5.63. The van der Waals surface area contributed by atoms with E-state index in [0.29, 0.717) is 18.0 Å². The Kier molecular flexibility index (Phi) is 3.89. The summed E-state index contributed by atoms with van der Waals surface area (Å²) in [6.45, 7) is 5.37. The van der Waals surface area contributed by atoms with Crippen LogP contribution in [0.3, 0.4) is 0 Å². The van der Waals surface area contributed by atoms with Crippen molar-refractivity contribution in [3.05, 3.63) is 18.2 Å². The summed E-state index contributed by atoms with van der Waals surface area (Å²) < 4.78 is 2.42. The van der Waals surface area contributed by atoms with Gasteiger partial charge < -0.3 is 10.3 Å². The minimum absolute atomic E-state index is 0.473. The molecule has 3 rings (SSSR count). The van der Waals surface area contributed by atoms with Crippen LogP contribution in [0.1, 0.15) is 56.8 Å². The van der Waals surface area contributed by atoms with E-state index in [1.807, 2.05) is 6.33 Å². The molecule has 0 amide bonds. The van der Waals surface area contributed by atoms with E-state index < -0.39 is 0 Å². The number of hydrogen-bond donors (Lipinski definition) is 1. The SMILES string of the molecule is CCN1CCCCC(CN)C1c1cncn1C1CC1. The number of hydrogen-bond acceptors (Lipinski definition) is 3. The molecule has 1 aromatic rings. The van der Waals surface area contributed by atoms with Gasteiger partial charge in [0.05, 0.1) is 18.1 Å². The molecule has 0 aromatic carbocycles. The van der Waals surface area contributed by atoms with Gasteiger partial charge in [-0.3, -0.25) is 4.90 Å². The van der Waals surface area contributed by atoms with Crippen molar-refractivity contribution >= 4 is 0 Å². The maximum absolute atomic E-state index is 6.07. The van der Waals surface area contributed by atoms with Crippen molar-refractivity contribution in [3.63, 3.8) is 0 Å². The molecule has 4 heteroatoms. The van der Waals surface area contributed by atoms with E-state index in [-0.39, 0.29) is 0 Å². The average molecular weight is 262 g/mol. The molecule has 2 unspecified atom stereocenters. The quantitative estimate of drug-likeness (QED) is 0.906. The van der Waals surface area contributed by atoms with Crippen molar-refractivity contribution in [2.75, 3.05) is 19.6 Å². The molecular weight excluding hydrogens is 236 g/mol. The van der Waals surface area contributed by atoms with Crippen LogP contribution in [0.25, 0.3) is 0 Å². The second-order valence-electron chi connectivity index (χ2n) is 6.02. The highest BCUT2D eigenvalue weighted by molar-refractivity contribution is 5.11. The monoisotopic (exact) mass is 262 g/mol. The third kappa shape index (κ3) is 2.56. The van der Waals surface area contributed by atoms with Gasteiger partial charge in [-0.2, -0.15) is 0 Å². The van der Waals surface area contributed by atoms with Crippen LogP contribution < -0.4 is 5.73 Å². The van der Waals surface area contributed by atoms with Crippen LogP contribution in [-0.4, -0.2) is 34.1 Å². The molecule has 1 aliphatic heterocycles. The van der Waals surface area contributed by atoms with Gasteiger partial charge in [0.25, 0.3) is 0 Å². The van der Waals surface area contributed by atoms with Crippen LogP contribution >= 0.6 is 0 Å². The topological polar surface area (TPSA) is 47.1 Å². The molecule has 19 heavy (non-hydrogen) atoms. The predicted octanol–water partition coefficient (Wildman–Crippen LogP) is 2.34. The Bertz CT molecular complexity index is 396. The number of nitrogens with two attached hydrogens (primary N) is 1. The first-order valence-electron chi connectivity index (χ1n) is 7.81. The van der Waals surface area contributed by atoms with Crippen molar-refractivity contribution in [3.8, 4) is 0 Å². The third-order valence-electron chi connectivity index (χ3n) is 4.76. The lowest BCUT2D eigenvalue weighted by Gasteiger charge is -2.34. The van der Waals surface area contributed by atoms with E-state index in [0.717, 1.165) is 13.1 Å². The Morgan fingerprint density at radius 2 is 2.16 bits per heavy atom. The highest BCUT2D eigenvalue weighted by Crippen LogP contribution is 2.41. The van der Waals surface area contributed by atoms with Gasteiger partial charge >= 0.3 is 0 Å². The molecule has 106 valence electrons. The van der Waals surface area contributed by atoms with E-state index in [2.05, 4.69) is 27.6 Å². The van der Waals surface area contributed by atoms with Gasteiger partial charge in [-0.25, -0.2) is 4.98 Å². The van der Waals surface area contributed by atoms with Gasteiger partial charge in [-0.1, -0.05) is 13.3 Å². The lowest BCUT2D eigenvalue weighted by molar-refractivity contribution is 0.158. The molecule has 0 radical (unpaired) electrons. The average Bonchev–Trinajstić information content (AvgIpc) is 3.21. The largest absolute Gasteiger partial charge is 0.330 e. The van der Waals surface area contributed by atoms with Gasteiger partial charge in [0.1, 0.15) is 0 Å². The summed E-state index contributed by atoms with van der Waals surface area (Å²) in [6.07, 6.45) is 10.6. The van der Waals surface area contributed by atoms with Gasteiger partial charge in [0.2, 0.25) is 0 Å². The molecular formula is C15H26N4. The summed E-state index contributed by atoms with van der Waals surface area (Å²) >= 11 is 0. The minimum Gasteiger partial charge on any atom is -0.330 e. The van der Waals surface area contributed by atoms with E-state index in [1.165, 1.54) is 44.3 Å². The molecule has 2 heterocycles. The molecule has 0 bridgehead atoms. The van der Waals surface area contributed by atoms with Crippen LogP contribution in [0, 0.1) is 5.92 Å². The molecule has 1 saturated heterocycles. The highest BCUT2D eigenvalue weighted by Gasteiger charge is 2.34. The van der Waals surface area contributed by atoms with Crippen LogP contribution in [-0.2, 0) is 0 Å². The zero-order valence-corrected chi connectivity index (χ0v) is 12.0. The number of imidazole rings is 1. The third-order valence-corrected chi connectivity index (χ3v) is 4.76. The van der Waals surface area contributed by atoms with Crippen molar-refractivity contribution in [2.24, 2.45) is 11.7 Å². The second-order valence-corrected chi connectivity index (χ2v) is 6.02. The maximum Gasteiger partial charge on any atom is 0.0951 e. The van der Waals surface area contributed by atoms with E-state index in [9.17, 15) is 0 Å². The molecule has 1 aromatic heterocycles. The summed E-state index contributed by atoms with van der Waals surface area (Å²) in [7, 11) is 0. The Morgan fingerprint density at radius 3 is 2.84 bits per heavy atom. The number of rotatable bonds is 4. The van der Waals surface area contributed by atoms with E-state index in [4.69, 9.17) is 5.73 Å². The molecule has 2 atom stereocenters. The Balaban J connectivity index is 1.93. The van der Waals surface area contributed by atoms with Crippen LogP contribution in [0.15, 0.2) is 12.5 Å². The molecule has 1 saturated carbocycles. The fraction of sp³-hybridized carbons (Fsp3) is 0.800. The molecule has 0 spiro atoms. The van der Waals surface area contributed by atoms with Crippen LogP contribution in [0.4, 0.5) is 0 Å². The summed E-state index contributed by atoms with van der Waals surface area (Å²) in [6, 6.07) is 1.18. The highest BCUT2D eigenvalue weighted by atomic mass is 15.2. The summed E-state index contributed by atoms with van der Waals surface area (Å²) in [5.41, 5.74) is 7.48. The summed E-state index contributed by atoms with van der Waals surface area (Å²) in [4.78, 5) is 7.03. The number of likely N-dealkylation sites (tertiary alicyclic amines) is 1. The summed E-state index contributed by atoms with van der Waals surface area (Å²) in [5.74, 6) is 0.580. The first-order chi connectivity index (χ1) is 9.35. The van der Waals surface area contributed by atoms with Crippen molar-refractivity contribution < 1.29 is 0 Å². The van der Waals surface area contributed by atoms with Gasteiger partial charge in [-0.15, -0.1) is 0 Å². The Morgan fingerprint density at radius 1 is 1.32 bits per heavy atom. The zero-order chi connectivity index (χ0) is 13.2. The minimum atomic E-state index is 0.473. The zero-order valence-electron chi connectivity index (χ0n) is 12.0. The van der Waals surface area contributed by atoms with Gasteiger partial charge in [0.15, 0.2) is 0 Å². The number of nitrogens with zero attached hydrogens (tertiary/aromatic N) is 3. The maximum atomic E-state index is 6.07. The Hall–Kier alpha value is -0.870. The first-order valence-corrected chi connectivity index (χ1v) is 7.81. The lowest BCUT2D eigenvalue weighted by atomic mass is 9.92. The smallest absolute Gasteiger partial charge is 0.0951 e. The van der Waals surface area contributed by atoms with Crippen LogP contribution in [0.2, 0.25) is 0 Å². The predicted molar refractivity (Wildman–Crippen MR) is 76.9 cm³/mol. The van der Waals surface area contributed by atoms with Gasteiger partial charge in [0, 0.05) is 12.2 Å².